The second-order valence-electron chi connectivity index (χ2n) is 8.31. The van der Waals surface area contributed by atoms with Crippen molar-refractivity contribution < 1.29 is 4.57 Å². The van der Waals surface area contributed by atoms with Crippen molar-refractivity contribution in [2.75, 3.05) is 0 Å². The lowest BCUT2D eigenvalue weighted by atomic mass is 9.58. The van der Waals surface area contributed by atoms with Gasteiger partial charge < -0.3 is 0 Å². The molecule has 1 aliphatic heterocycles. The Bertz CT molecular complexity index is 1060. The number of fused-ring (bicyclic) bond motifs is 7. The van der Waals surface area contributed by atoms with Crippen molar-refractivity contribution in [1.82, 2.24) is 0 Å². The average Bonchev–Trinajstić information content (AvgIpc) is 3.50. The van der Waals surface area contributed by atoms with Gasteiger partial charge in [0.05, 0.1) is 16.9 Å². The van der Waals surface area contributed by atoms with Crippen molar-refractivity contribution in [3.63, 3.8) is 0 Å². The smallest absolute Gasteiger partial charge is 0.194 e. The lowest BCUT2D eigenvalue weighted by Crippen LogP contribution is -2.52. The van der Waals surface area contributed by atoms with Gasteiger partial charge in [-0.2, -0.15) is 4.57 Å². The number of allylic oxidation sites excluding steroid dienone is 2. The van der Waals surface area contributed by atoms with Crippen LogP contribution in [0.5, 0.6) is 0 Å². The molecule has 1 saturated carbocycles. The Morgan fingerprint density at radius 1 is 1.00 bits per heavy atom. The molecule has 0 bridgehead atoms. The van der Waals surface area contributed by atoms with E-state index in [4.69, 9.17) is 0 Å². The van der Waals surface area contributed by atoms with E-state index in [0.29, 0.717) is 12.0 Å². The molecule has 3 unspecified atom stereocenters. The zero-order valence-corrected chi connectivity index (χ0v) is 15.2. The van der Waals surface area contributed by atoms with E-state index in [2.05, 4.69) is 84.4 Å². The van der Waals surface area contributed by atoms with E-state index in [0.717, 1.165) is 5.92 Å². The van der Waals surface area contributed by atoms with Crippen LogP contribution in [0.15, 0.2) is 72.9 Å². The molecule has 0 radical (unpaired) electrons. The summed E-state index contributed by atoms with van der Waals surface area (Å²) in [6.45, 7) is 2.37. The summed E-state index contributed by atoms with van der Waals surface area (Å²) in [6.07, 6.45) is 11.3. The van der Waals surface area contributed by atoms with Gasteiger partial charge in [-0.1, -0.05) is 55.5 Å². The summed E-state index contributed by atoms with van der Waals surface area (Å²) in [4.78, 5) is 0. The molecule has 0 N–H and O–H groups in total. The maximum Gasteiger partial charge on any atom is 0.220 e. The van der Waals surface area contributed by atoms with Gasteiger partial charge in [-0.05, 0) is 42.3 Å². The SMILES string of the molecule is CCC12C=CC1C(C1CC1)[n+]1ccc3ccccc3c1-c1ccccc12. The number of benzene rings is 2. The molecule has 3 aromatic rings. The average molecular weight is 338 g/mol. The van der Waals surface area contributed by atoms with Crippen molar-refractivity contribution in [3.05, 3.63) is 78.5 Å². The number of hydrogen-bond donors (Lipinski definition) is 0. The van der Waals surface area contributed by atoms with Gasteiger partial charge in [-0.25, -0.2) is 0 Å². The van der Waals surface area contributed by atoms with E-state index >= 15 is 0 Å². The van der Waals surface area contributed by atoms with Crippen molar-refractivity contribution in [2.45, 2.75) is 37.6 Å². The molecule has 1 heteroatoms. The standard InChI is InChI=1S/C25H24N/c1-2-25-15-13-22(25)23(18-11-12-18)26-16-14-17-7-3-4-8-19(17)24(26)20-9-5-6-10-21(20)25/h3-10,13-16,18,22-23H,2,11-12H2,1H3/q+1. The predicted molar refractivity (Wildman–Crippen MR) is 106 cm³/mol. The highest BCUT2D eigenvalue weighted by Gasteiger charge is 2.57. The number of nitrogens with zero attached hydrogens (tertiary/aromatic N) is 1. The van der Waals surface area contributed by atoms with Gasteiger partial charge in [0.1, 0.15) is 0 Å². The molecule has 0 amide bonds. The first-order valence-electron chi connectivity index (χ1n) is 10.1. The van der Waals surface area contributed by atoms with Crippen LogP contribution in [-0.4, -0.2) is 0 Å². The minimum atomic E-state index is 0.205. The second-order valence-corrected chi connectivity index (χ2v) is 8.31. The highest BCUT2D eigenvalue weighted by Crippen LogP contribution is 2.58. The van der Waals surface area contributed by atoms with Crippen molar-refractivity contribution >= 4 is 10.8 Å². The largest absolute Gasteiger partial charge is 0.220 e. The van der Waals surface area contributed by atoms with E-state index in [9.17, 15) is 0 Å². The van der Waals surface area contributed by atoms with Crippen LogP contribution in [0.1, 0.15) is 37.8 Å². The van der Waals surface area contributed by atoms with E-state index < -0.39 is 0 Å². The summed E-state index contributed by atoms with van der Waals surface area (Å²) in [5, 5.41) is 2.73. The molecule has 1 aromatic heterocycles. The number of rotatable bonds is 2. The molecule has 0 saturated heterocycles. The zero-order valence-electron chi connectivity index (χ0n) is 15.2. The lowest BCUT2D eigenvalue weighted by Gasteiger charge is -2.44. The van der Waals surface area contributed by atoms with Crippen LogP contribution in [-0.2, 0) is 5.41 Å². The van der Waals surface area contributed by atoms with Gasteiger partial charge in [-0.3, -0.25) is 0 Å². The van der Waals surface area contributed by atoms with Gasteiger partial charge >= 0.3 is 0 Å². The molecule has 0 spiro atoms. The first kappa shape index (κ1) is 14.7. The maximum absolute atomic E-state index is 2.64. The summed E-state index contributed by atoms with van der Waals surface area (Å²) in [5.41, 5.74) is 4.60. The number of pyridine rings is 1. The fourth-order valence-electron chi connectivity index (χ4n) is 5.66. The Balaban J connectivity index is 1.77. The van der Waals surface area contributed by atoms with Gasteiger partial charge in [0, 0.05) is 17.4 Å². The van der Waals surface area contributed by atoms with Crippen LogP contribution in [0.4, 0.5) is 0 Å². The van der Waals surface area contributed by atoms with Crippen LogP contribution in [0, 0.1) is 11.8 Å². The van der Waals surface area contributed by atoms with E-state index in [1.807, 2.05) is 0 Å². The molecular formula is C25H24N+. The summed E-state index contributed by atoms with van der Waals surface area (Å²) >= 11 is 0. The van der Waals surface area contributed by atoms with Crippen molar-refractivity contribution in [3.8, 4) is 11.3 Å². The normalized spacial score (nSPS) is 28.7. The van der Waals surface area contributed by atoms with Gasteiger partial charge in [0.2, 0.25) is 5.69 Å². The van der Waals surface area contributed by atoms with Crippen LogP contribution in [0.25, 0.3) is 22.0 Å². The molecule has 26 heavy (non-hydrogen) atoms. The summed E-state index contributed by atoms with van der Waals surface area (Å²) in [5.74, 6) is 1.45. The predicted octanol–water partition coefficient (Wildman–Crippen LogP) is 5.59. The molecule has 3 aliphatic rings. The Morgan fingerprint density at radius 2 is 1.81 bits per heavy atom. The highest BCUT2D eigenvalue weighted by atomic mass is 15.0. The lowest BCUT2D eigenvalue weighted by molar-refractivity contribution is -0.722. The van der Waals surface area contributed by atoms with Crippen LogP contribution in [0.2, 0.25) is 0 Å². The zero-order chi connectivity index (χ0) is 17.3. The molecule has 6 rings (SSSR count). The van der Waals surface area contributed by atoms with Gasteiger partial charge in [-0.15, -0.1) is 0 Å². The number of aromatic nitrogens is 1. The molecule has 128 valence electrons. The van der Waals surface area contributed by atoms with Crippen LogP contribution in [0.3, 0.4) is 0 Å². The Labute approximate surface area is 155 Å². The molecule has 1 nitrogen and oxygen atoms in total. The maximum atomic E-state index is 2.64. The van der Waals surface area contributed by atoms with Gasteiger partial charge in [0.25, 0.3) is 0 Å². The second kappa shape index (κ2) is 5.07. The van der Waals surface area contributed by atoms with E-state index in [-0.39, 0.29) is 5.41 Å². The Morgan fingerprint density at radius 3 is 2.58 bits per heavy atom. The molecule has 1 fully saturated rings. The van der Waals surface area contributed by atoms with Crippen LogP contribution >= 0.6 is 0 Å². The fraction of sp³-hybridized carbons (Fsp3) is 0.320. The summed E-state index contributed by atoms with van der Waals surface area (Å²) in [6, 6.07) is 21.0. The number of hydrogen-bond acceptors (Lipinski definition) is 0. The first-order chi connectivity index (χ1) is 12.8. The van der Waals surface area contributed by atoms with E-state index in [1.54, 1.807) is 0 Å². The van der Waals surface area contributed by atoms with Crippen molar-refractivity contribution in [1.29, 1.82) is 0 Å². The Hall–Kier alpha value is -2.41. The third kappa shape index (κ3) is 1.74. The Kier molecular flexibility index (Phi) is 2.87. The van der Waals surface area contributed by atoms with Crippen molar-refractivity contribution in [2.24, 2.45) is 11.8 Å². The molecule has 2 aliphatic carbocycles. The summed E-state index contributed by atoms with van der Waals surface area (Å²) in [7, 11) is 0. The molecule has 2 aromatic carbocycles. The van der Waals surface area contributed by atoms with E-state index in [1.165, 1.54) is 46.9 Å². The quantitative estimate of drug-likeness (QED) is 0.423. The third-order valence-electron chi connectivity index (χ3n) is 7.15. The van der Waals surface area contributed by atoms with Gasteiger partial charge in [0.15, 0.2) is 12.2 Å². The minimum absolute atomic E-state index is 0.205. The molecular weight excluding hydrogens is 314 g/mol. The van der Waals surface area contributed by atoms with Crippen LogP contribution < -0.4 is 4.57 Å². The highest BCUT2D eigenvalue weighted by molar-refractivity contribution is 5.94. The molecule has 2 heterocycles. The molecule has 3 atom stereocenters. The topological polar surface area (TPSA) is 3.88 Å². The first-order valence-corrected chi connectivity index (χ1v) is 10.1. The monoisotopic (exact) mass is 338 g/mol. The summed E-state index contributed by atoms with van der Waals surface area (Å²) < 4.78 is 2.64. The minimum Gasteiger partial charge on any atom is -0.194 e. The fourth-order valence-corrected chi connectivity index (χ4v) is 5.66. The third-order valence-corrected chi connectivity index (χ3v) is 7.15.